The largest absolute Gasteiger partial charge is 0.388 e. The Morgan fingerprint density at radius 3 is 3.00 bits per heavy atom. The van der Waals surface area contributed by atoms with Crippen molar-refractivity contribution in [1.82, 2.24) is 20.2 Å². The normalized spacial score (nSPS) is 14.8. The summed E-state index contributed by atoms with van der Waals surface area (Å²) in [5.41, 5.74) is -0.214. The zero-order valence-corrected chi connectivity index (χ0v) is 12.8. The molecule has 0 saturated carbocycles. The Kier molecular flexibility index (Phi) is 4.54. The van der Waals surface area contributed by atoms with Crippen molar-refractivity contribution in [3.05, 3.63) is 27.6 Å². The Bertz CT molecular complexity index is 633. The van der Waals surface area contributed by atoms with Crippen molar-refractivity contribution >= 4 is 21.6 Å². The molecule has 0 aromatic carbocycles. The van der Waals surface area contributed by atoms with Crippen LogP contribution >= 0.6 is 11.3 Å². The van der Waals surface area contributed by atoms with Crippen molar-refractivity contribution in [2.24, 2.45) is 0 Å². The number of hydrogen-bond acceptors (Lipinski definition) is 6. The third-order valence-corrected chi connectivity index (χ3v) is 3.72. The number of hydrogen-bond donors (Lipinski definition) is 3. The van der Waals surface area contributed by atoms with E-state index in [1.165, 1.54) is 11.3 Å². The molecule has 0 fully saturated rings. The second-order valence-corrected chi connectivity index (χ2v) is 6.40. The number of rotatable bonds is 6. The van der Waals surface area contributed by atoms with Crippen molar-refractivity contribution < 1.29 is 5.11 Å². The van der Waals surface area contributed by atoms with Gasteiger partial charge in [0.1, 0.15) is 10.5 Å². The van der Waals surface area contributed by atoms with Crippen LogP contribution in [-0.4, -0.2) is 52.8 Å². The molecule has 0 bridgehead atoms. The minimum atomic E-state index is -0.823. The van der Waals surface area contributed by atoms with Crippen LogP contribution in [-0.2, 0) is 6.54 Å². The molecular weight excluding hydrogens is 276 g/mol. The van der Waals surface area contributed by atoms with Crippen molar-refractivity contribution in [1.29, 1.82) is 0 Å². The van der Waals surface area contributed by atoms with Gasteiger partial charge < -0.3 is 20.3 Å². The van der Waals surface area contributed by atoms with Crippen LogP contribution in [0, 0.1) is 0 Å². The molecular formula is C13H20N4O2S. The highest BCUT2D eigenvalue weighted by Gasteiger charge is 2.20. The van der Waals surface area contributed by atoms with Crippen LogP contribution < -0.4 is 10.9 Å². The number of nitrogens with one attached hydrogen (secondary N) is 2. The summed E-state index contributed by atoms with van der Waals surface area (Å²) in [6.07, 6.45) is 0. The summed E-state index contributed by atoms with van der Waals surface area (Å²) in [5.74, 6) is 0.585. The number of nitrogens with zero attached hydrogens (tertiary/aromatic N) is 2. The topological polar surface area (TPSA) is 81.2 Å². The van der Waals surface area contributed by atoms with Gasteiger partial charge >= 0.3 is 0 Å². The summed E-state index contributed by atoms with van der Waals surface area (Å²) in [6, 6.07) is 1.83. The third-order valence-electron chi connectivity index (χ3n) is 2.82. The molecule has 0 aliphatic rings. The molecule has 2 aromatic rings. The zero-order valence-electron chi connectivity index (χ0n) is 11.9. The Hall–Kier alpha value is -1.28. The number of aromatic amines is 1. The maximum atomic E-state index is 11.8. The van der Waals surface area contributed by atoms with E-state index in [2.05, 4.69) is 15.3 Å². The molecule has 7 heteroatoms. The summed E-state index contributed by atoms with van der Waals surface area (Å²) >= 11 is 1.39. The molecule has 1 unspecified atom stereocenters. The van der Waals surface area contributed by atoms with Gasteiger partial charge in [-0.05, 0) is 32.5 Å². The zero-order chi connectivity index (χ0) is 14.8. The molecule has 0 aliphatic heterocycles. The lowest BCUT2D eigenvalue weighted by Crippen LogP contribution is -2.45. The van der Waals surface area contributed by atoms with E-state index in [-0.39, 0.29) is 5.56 Å². The third kappa shape index (κ3) is 3.86. The fourth-order valence-corrected chi connectivity index (χ4v) is 2.92. The van der Waals surface area contributed by atoms with Gasteiger partial charge in [0.05, 0.1) is 17.7 Å². The summed E-state index contributed by atoms with van der Waals surface area (Å²) < 4.78 is 0.647. The number of aliphatic hydroxyl groups is 1. The van der Waals surface area contributed by atoms with E-state index in [9.17, 15) is 9.90 Å². The van der Waals surface area contributed by atoms with Gasteiger partial charge in [-0.15, -0.1) is 11.3 Å². The fraction of sp³-hybridized carbons (Fsp3) is 0.538. The molecule has 0 radical (unpaired) electrons. The highest BCUT2D eigenvalue weighted by Crippen LogP contribution is 2.13. The van der Waals surface area contributed by atoms with Crippen LogP contribution in [0.5, 0.6) is 0 Å². The molecule has 2 aromatic heterocycles. The number of likely N-dealkylation sites (N-methyl/N-ethyl adjacent to an activating group) is 1. The highest BCUT2D eigenvalue weighted by atomic mass is 32.1. The Morgan fingerprint density at radius 1 is 1.55 bits per heavy atom. The van der Waals surface area contributed by atoms with Crippen LogP contribution in [0.15, 0.2) is 16.2 Å². The Morgan fingerprint density at radius 2 is 2.30 bits per heavy atom. The molecule has 0 aliphatic carbocycles. The molecule has 1 atom stereocenters. The monoisotopic (exact) mass is 296 g/mol. The van der Waals surface area contributed by atoms with E-state index in [1.54, 1.807) is 6.92 Å². The van der Waals surface area contributed by atoms with Crippen molar-refractivity contribution in [3.8, 4) is 0 Å². The molecule has 0 spiro atoms. The molecule has 6 nitrogen and oxygen atoms in total. The smallest absolute Gasteiger partial charge is 0.268 e. The lowest BCUT2D eigenvalue weighted by atomic mass is 10.1. The Labute approximate surface area is 121 Å². The minimum absolute atomic E-state index is 0.109. The fourth-order valence-electron chi connectivity index (χ4n) is 2.19. The molecule has 20 heavy (non-hydrogen) atoms. The Balaban J connectivity index is 1.97. The van der Waals surface area contributed by atoms with E-state index in [0.29, 0.717) is 30.2 Å². The number of H-pyrrole nitrogens is 1. The standard InChI is InChI=1S/C13H20N4O2S/c1-13(19,8-17(2)3)7-14-6-10-15-9-4-5-20-11(9)12(18)16-10/h4-5,14,19H,6-8H2,1-3H3,(H,15,16,18). The van der Waals surface area contributed by atoms with Crippen molar-refractivity contribution in [3.63, 3.8) is 0 Å². The van der Waals surface area contributed by atoms with Gasteiger partial charge in [0.25, 0.3) is 5.56 Å². The van der Waals surface area contributed by atoms with Gasteiger partial charge in [-0.3, -0.25) is 4.79 Å². The van der Waals surface area contributed by atoms with Gasteiger partial charge in [-0.25, -0.2) is 4.98 Å². The van der Waals surface area contributed by atoms with Gasteiger partial charge in [0, 0.05) is 13.1 Å². The average Bonchev–Trinajstić information content (AvgIpc) is 2.75. The minimum Gasteiger partial charge on any atom is -0.388 e. The molecule has 0 amide bonds. The lowest BCUT2D eigenvalue weighted by molar-refractivity contribution is 0.0334. The van der Waals surface area contributed by atoms with E-state index in [4.69, 9.17) is 0 Å². The number of aromatic nitrogens is 2. The SMILES string of the molecule is CN(C)CC(C)(O)CNCc1nc2ccsc2c(=O)[nH]1. The average molecular weight is 296 g/mol. The van der Waals surface area contributed by atoms with E-state index in [1.807, 2.05) is 30.4 Å². The first-order chi connectivity index (χ1) is 9.37. The van der Waals surface area contributed by atoms with Crippen molar-refractivity contribution in [2.75, 3.05) is 27.2 Å². The predicted molar refractivity (Wildman–Crippen MR) is 81.1 cm³/mol. The highest BCUT2D eigenvalue weighted by molar-refractivity contribution is 7.17. The first-order valence-electron chi connectivity index (χ1n) is 6.42. The molecule has 0 saturated heterocycles. The van der Waals surface area contributed by atoms with Crippen LogP contribution in [0.4, 0.5) is 0 Å². The van der Waals surface area contributed by atoms with Crippen LogP contribution in [0.25, 0.3) is 10.2 Å². The summed E-state index contributed by atoms with van der Waals surface area (Å²) in [7, 11) is 3.83. The number of thiophene rings is 1. The van der Waals surface area contributed by atoms with Crippen LogP contribution in [0.1, 0.15) is 12.7 Å². The molecule has 110 valence electrons. The number of fused-ring (bicyclic) bond motifs is 1. The van der Waals surface area contributed by atoms with E-state index in [0.717, 1.165) is 5.52 Å². The second-order valence-electron chi connectivity index (χ2n) is 5.49. The van der Waals surface area contributed by atoms with Crippen molar-refractivity contribution in [2.45, 2.75) is 19.1 Å². The first kappa shape index (κ1) is 15.1. The molecule has 3 N–H and O–H groups in total. The van der Waals surface area contributed by atoms with Crippen LogP contribution in [0.3, 0.4) is 0 Å². The van der Waals surface area contributed by atoms with Crippen LogP contribution in [0.2, 0.25) is 0 Å². The van der Waals surface area contributed by atoms with E-state index < -0.39 is 5.60 Å². The van der Waals surface area contributed by atoms with Gasteiger partial charge in [0.15, 0.2) is 0 Å². The summed E-state index contributed by atoms with van der Waals surface area (Å²) in [6.45, 7) is 3.19. The van der Waals surface area contributed by atoms with E-state index >= 15 is 0 Å². The van der Waals surface area contributed by atoms with Gasteiger partial charge in [0.2, 0.25) is 0 Å². The first-order valence-corrected chi connectivity index (χ1v) is 7.29. The maximum Gasteiger partial charge on any atom is 0.268 e. The lowest BCUT2D eigenvalue weighted by Gasteiger charge is -2.27. The van der Waals surface area contributed by atoms with Gasteiger partial charge in [-0.1, -0.05) is 0 Å². The summed E-state index contributed by atoms with van der Waals surface area (Å²) in [5, 5.41) is 15.1. The molecule has 2 rings (SSSR count). The summed E-state index contributed by atoms with van der Waals surface area (Å²) in [4.78, 5) is 20.9. The quantitative estimate of drug-likeness (QED) is 0.718. The second kappa shape index (κ2) is 6.01. The van der Waals surface area contributed by atoms with Gasteiger partial charge in [-0.2, -0.15) is 0 Å². The predicted octanol–water partition coefficient (Wildman–Crippen LogP) is 0.387. The molecule has 2 heterocycles. The maximum absolute atomic E-state index is 11.8.